The molecule has 1 amide bonds. The molecule has 2 heterocycles. The van der Waals surface area contributed by atoms with E-state index in [-0.39, 0.29) is 6.09 Å². The molecule has 2 saturated heterocycles. The van der Waals surface area contributed by atoms with Crippen LogP contribution < -0.4 is 10.6 Å². The Kier molecular flexibility index (Phi) is 4.01. The summed E-state index contributed by atoms with van der Waals surface area (Å²) < 4.78 is 4.99. The molecule has 5 nitrogen and oxygen atoms in total. The van der Waals surface area contributed by atoms with Crippen LogP contribution in [-0.4, -0.2) is 55.9 Å². The van der Waals surface area contributed by atoms with Crippen molar-refractivity contribution >= 4 is 6.09 Å². The van der Waals surface area contributed by atoms with Gasteiger partial charge in [0, 0.05) is 38.3 Å². The first kappa shape index (κ1) is 11.7. The van der Waals surface area contributed by atoms with E-state index in [9.17, 15) is 4.79 Å². The molecule has 0 aromatic heterocycles. The third-order valence-corrected chi connectivity index (χ3v) is 3.27. The van der Waals surface area contributed by atoms with Gasteiger partial charge < -0.3 is 20.3 Å². The van der Waals surface area contributed by atoms with E-state index in [0.29, 0.717) is 18.7 Å². The molecular formula is C11H21N3O2. The largest absolute Gasteiger partial charge is 0.450 e. The first-order valence-corrected chi connectivity index (χ1v) is 6.18. The molecule has 2 aliphatic rings. The highest BCUT2D eigenvalue weighted by atomic mass is 16.6. The number of amides is 1. The van der Waals surface area contributed by atoms with Gasteiger partial charge in [-0.2, -0.15) is 0 Å². The summed E-state index contributed by atoms with van der Waals surface area (Å²) in [6.07, 6.45) is 1.91. The lowest BCUT2D eigenvalue weighted by Gasteiger charge is -2.37. The highest BCUT2D eigenvalue weighted by Crippen LogP contribution is 2.12. The summed E-state index contributed by atoms with van der Waals surface area (Å²) in [4.78, 5) is 13.3. The molecule has 2 aliphatic heterocycles. The summed E-state index contributed by atoms with van der Waals surface area (Å²) in [6.45, 7) is 6.10. The summed E-state index contributed by atoms with van der Waals surface area (Å²) in [6, 6.07) is 1.21. The zero-order valence-corrected chi connectivity index (χ0v) is 9.87. The highest BCUT2D eigenvalue weighted by molar-refractivity contribution is 5.67. The van der Waals surface area contributed by atoms with E-state index in [1.807, 2.05) is 6.92 Å². The van der Waals surface area contributed by atoms with Crippen LogP contribution in [0.2, 0.25) is 0 Å². The number of piperidine rings is 1. The Bertz CT molecular complexity index is 235. The van der Waals surface area contributed by atoms with Crippen LogP contribution in [0, 0.1) is 0 Å². The highest BCUT2D eigenvalue weighted by Gasteiger charge is 2.26. The Morgan fingerprint density at radius 1 is 1.38 bits per heavy atom. The number of rotatable bonds is 3. The first-order chi connectivity index (χ1) is 7.79. The fourth-order valence-electron chi connectivity index (χ4n) is 2.18. The SMILES string of the molecule is CCOC(=O)N1CCC(NC2CNC2)CC1. The summed E-state index contributed by atoms with van der Waals surface area (Å²) >= 11 is 0. The molecule has 16 heavy (non-hydrogen) atoms. The van der Waals surface area contributed by atoms with Crippen LogP contribution in [0.15, 0.2) is 0 Å². The number of hydrogen-bond donors (Lipinski definition) is 2. The Balaban J connectivity index is 1.67. The van der Waals surface area contributed by atoms with Gasteiger partial charge in [-0.15, -0.1) is 0 Å². The summed E-state index contributed by atoms with van der Waals surface area (Å²) in [5.41, 5.74) is 0. The lowest BCUT2D eigenvalue weighted by Crippen LogP contribution is -2.59. The molecule has 5 heteroatoms. The lowest BCUT2D eigenvalue weighted by atomic mass is 10.0. The standard InChI is InChI=1S/C11H21N3O2/c1-2-16-11(15)14-5-3-9(4-6-14)13-10-7-12-8-10/h9-10,12-13H,2-8H2,1H3. The number of nitrogens with zero attached hydrogens (tertiary/aromatic N) is 1. The molecule has 0 aromatic carbocycles. The minimum atomic E-state index is -0.161. The Labute approximate surface area is 96.5 Å². The van der Waals surface area contributed by atoms with Crippen molar-refractivity contribution in [3.63, 3.8) is 0 Å². The Morgan fingerprint density at radius 3 is 2.56 bits per heavy atom. The van der Waals surface area contributed by atoms with Gasteiger partial charge in [0.2, 0.25) is 0 Å². The van der Waals surface area contributed by atoms with Crippen LogP contribution in [0.3, 0.4) is 0 Å². The van der Waals surface area contributed by atoms with E-state index in [1.165, 1.54) is 0 Å². The van der Waals surface area contributed by atoms with Gasteiger partial charge in [0.1, 0.15) is 0 Å². The third kappa shape index (κ3) is 2.86. The van der Waals surface area contributed by atoms with E-state index in [2.05, 4.69) is 10.6 Å². The molecule has 0 radical (unpaired) electrons. The number of carbonyl (C=O) groups is 1. The number of likely N-dealkylation sites (tertiary alicyclic amines) is 1. The van der Waals surface area contributed by atoms with E-state index in [4.69, 9.17) is 4.74 Å². The predicted molar refractivity (Wildman–Crippen MR) is 61.4 cm³/mol. The van der Waals surface area contributed by atoms with Crippen molar-refractivity contribution in [2.45, 2.75) is 31.8 Å². The number of carbonyl (C=O) groups excluding carboxylic acids is 1. The second-order valence-electron chi connectivity index (χ2n) is 4.48. The quantitative estimate of drug-likeness (QED) is 0.721. The molecule has 0 saturated carbocycles. The van der Waals surface area contributed by atoms with Crippen LogP contribution in [0.4, 0.5) is 4.79 Å². The van der Waals surface area contributed by atoms with Crippen LogP contribution in [0.25, 0.3) is 0 Å². The molecule has 2 fully saturated rings. The molecule has 2 rings (SSSR count). The second kappa shape index (κ2) is 5.50. The molecule has 92 valence electrons. The monoisotopic (exact) mass is 227 g/mol. The molecule has 0 atom stereocenters. The molecular weight excluding hydrogens is 206 g/mol. The van der Waals surface area contributed by atoms with Crippen LogP contribution in [0.1, 0.15) is 19.8 Å². The van der Waals surface area contributed by atoms with Crippen molar-refractivity contribution in [3.8, 4) is 0 Å². The second-order valence-corrected chi connectivity index (χ2v) is 4.48. The summed E-state index contributed by atoms with van der Waals surface area (Å²) in [7, 11) is 0. The van der Waals surface area contributed by atoms with Gasteiger partial charge in [0.25, 0.3) is 0 Å². The number of ether oxygens (including phenoxy) is 1. The van der Waals surface area contributed by atoms with Crippen molar-refractivity contribution in [1.29, 1.82) is 0 Å². The predicted octanol–water partition coefficient (Wildman–Crippen LogP) is 0.169. The summed E-state index contributed by atoms with van der Waals surface area (Å²) in [5.74, 6) is 0. The van der Waals surface area contributed by atoms with Gasteiger partial charge in [0.05, 0.1) is 6.61 Å². The third-order valence-electron chi connectivity index (χ3n) is 3.27. The van der Waals surface area contributed by atoms with Crippen LogP contribution in [0.5, 0.6) is 0 Å². The van der Waals surface area contributed by atoms with Gasteiger partial charge in [-0.25, -0.2) is 4.79 Å². The lowest BCUT2D eigenvalue weighted by molar-refractivity contribution is 0.0934. The van der Waals surface area contributed by atoms with Gasteiger partial charge in [0.15, 0.2) is 0 Å². The number of nitrogens with one attached hydrogen (secondary N) is 2. The van der Waals surface area contributed by atoms with E-state index >= 15 is 0 Å². The summed E-state index contributed by atoms with van der Waals surface area (Å²) in [5, 5.41) is 6.85. The minimum absolute atomic E-state index is 0.161. The van der Waals surface area contributed by atoms with Gasteiger partial charge in [-0.3, -0.25) is 0 Å². The first-order valence-electron chi connectivity index (χ1n) is 6.18. The molecule has 0 aromatic rings. The normalized spacial score (nSPS) is 22.9. The zero-order chi connectivity index (χ0) is 11.4. The van der Waals surface area contributed by atoms with E-state index in [1.54, 1.807) is 4.90 Å². The van der Waals surface area contributed by atoms with E-state index < -0.39 is 0 Å². The van der Waals surface area contributed by atoms with Gasteiger partial charge in [-0.1, -0.05) is 0 Å². The van der Waals surface area contributed by atoms with Crippen molar-refractivity contribution in [2.24, 2.45) is 0 Å². The Hall–Kier alpha value is -0.810. The van der Waals surface area contributed by atoms with Gasteiger partial charge >= 0.3 is 6.09 Å². The van der Waals surface area contributed by atoms with E-state index in [0.717, 1.165) is 39.0 Å². The number of hydrogen-bond acceptors (Lipinski definition) is 4. The van der Waals surface area contributed by atoms with Crippen LogP contribution >= 0.6 is 0 Å². The molecule has 0 unspecified atom stereocenters. The topological polar surface area (TPSA) is 53.6 Å². The van der Waals surface area contributed by atoms with Crippen LogP contribution in [-0.2, 0) is 4.74 Å². The minimum Gasteiger partial charge on any atom is -0.450 e. The average Bonchev–Trinajstić information content (AvgIpc) is 2.25. The molecule has 0 bridgehead atoms. The fraction of sp³-hybridized carbons (Fsp3) is 0.909. The van der Waals surface area contributed by atoms with Crippen molar-refractivity contribution in [1.82, 2.24) is 15.5 Å². The molecule has 0 aliphatic carbocycles. The van der Waals surface area contributed by atoms with Crippen molar-refractivity contribution in [2.75, 3.05) is 32.8 Å². The molecule has 2 N–H and O–H groups in total. The maximum atomic E-state index is 11.5. The fourth-order valence-corrected chi connectivity index (χ4v) is 2.18. The Morgan fingerprint density at radius 2 is 2.06 bits per heavy atom. The maximum absolute atomic E-state index is 11.5. The molecule has 0 spiro atoms. The maximum Gasteiger partial charge on any atom is 0.409 e. The average molecular weight is 227 g/mol. The van der Waals surface area contributed by atoms with Crippen molar-refractivity contribution < 1.29 is 9.53 Å². The smallest absolute Gasteiger partial charge is 0.409 e. The van der Waals surface area contributed by atoms with Crippen molar-refractivity contribution in [3.05, 3.63) is 0 Å². The zero-order valence-electron chi connectivity index (χ0n) is 9.87. The van der Waals surface area contributed by atoms with Gasteiger partial charge in [-0.05, 0) is 19.8 Å².